The molecule has 2 aromatic rings. The molecule has 0 saturated heterocycles. The van der Waals surface area contributed by atoms with Crippen LogP contribution in [0.5, 0.6) is 0 Å². The van der Waals surface area contributed by atoms with Gasteiger partial charge < -0.3 is 10.1 Å². The number of guanidine groups is 1. The standard InChI is InChI=1S/C15H15N5O2/c1-11-5-3-7-13(9-11)16-18-15(20(21)22)19-17-14-8-4-6-12(2)10-14/h3-10,16H,1-2H3/b18-15-,19-17?. The fraction of sp³-hybridized carbons (Fsp3) is 0.133. The van der Waals surface area contributed by atoms with E-state index >= 15 is 0 Å². The highest BCUT2D eigenvalue weighted by molar-refractivity contribution is 5.73. The number of anilines is 1. The number of hydrogen-bond donors (Lipinski definition) is 1. The molecule has 7 heteroatoms. The number of nitro groups is 1. The monoisotopic (exact) mass is 297 g/mol. The van der Waals surface area contributed by atoms with E-state index in [1.54, 1.807) is 24.3 Å². The van der Waals surface area contributed by atoms with E-state index < -0.39 is 10.9 Å². The van der Waals surface area contributed by atoms with E-state index in [0.29, 0.717) is 11.4 Å². The number of azo groups is 1. The quantitative estimate of drug-likeness (QED) is 0.304. The van der Waals surface area contributed by atoms with Crippen molar-refractivity contribution in [1.29, 1.82) is 0 Å². The number of nitrogens with zero attached hydrogens (tertiary/aromatic N) is 4. The molecule has 0 aromatic heterocycles. The summed E-state index contributed by atoms with van der Waals surface area (Å²) in [6.45, 7) is 3.82. The summed E-state index contributed by atoms with van der Waals surface area (Å²) < 4.78 is 0. The smallest absolute Gasteiger partial charge is 0.390 e. The Kier molecular flexibility index (Phi) is 4.92. The van der Waals surface area contributed by atoms with Crippen molar-refractivity contribution in [2.45, 2.75) is 13.8 Å². The van der Waals surface area contributed by atoms with Crippen molar-refractivity contribution < 1.29 is 4.92 Å². The van der Waals surface area contributed by atoms with Gasteiger partial charge in [-0.05, 0) is 54.2 Å². The molecule has 0 amide bonds. The van der Waals surface area contributed by atoms with Crippen molar-refractivity contribution in [2.24, 2.45) is 15.3 Å². The molecule has 0 aliphatic heterocycles. The van der Waals surface area contributed by atoms with Crippen molar-refractivity contribution in [1.82, 2.24) is 0 Å². The van der Waals surface area contributed by atoms with E-state index in [9.17, 15) is 10.1 Å². The van der Waals surface area contributed by atoms with Crippen LogP contribution in [0.2, 0.25) is 0 Å². The summed E-state index contributed by atoms with van der Waals surface area (Å²) in [5.74, 6) is -0.608. The minimum absolute atomic E-state index is 0.533. The zero-order chi connectivity index (χ0) is 15.9. The van der Waals surface area contributed by atoms with Gasteiger partial charge in [0.2, 0.25) is 0 Å². The lowest BCUT2D eigenvalue weighted by atomic mass is 10.2. The number of benzene rings is 2. The molecule has 22 heavy (non-hydrogen) atoms. The zero-order valence-electron chi connectivity index (χ0n) is 12.2. The minimum Gasteiger partial charge on any atom is -0.390 e. The fourth-order valence-electron chi connectivity index (χ4n) is 1.72. The van der Waals surface area contributed by atoms with Gasteiger partial charge in [0.25, 0.3) is 0 Å². The maximum Gasteiger partial charge on any atom is 0.511 e. The molecular formula is C15H15N5O2. The van der Waals surface area contributed by atoms with Crippen LogP contribution in [0.4, 0.5) is 11.4 Å². The van der Waals surface area contributed by atoms with Crippen LogP contribution in [0.3, 0.4) is 0 Å². The van der Waals surface area contributed by atoms with Gasteiger partial charge in [-0.1, -0.05) is 29.4 Å². The Bertz CT molecular complexity index is 740. The van der Waals surface area contributed by atoms with E-state index in [0.717, 1.165) is 11.1 Å². The van der Waals surface area contributed by atoms with Crippen LogP contribution in [0.15, 0.2) is 63.9 Å². The highest BCUT2D eigenvalue weighted by atomic mass is 16.6. The number of hydrazone groups is 1. The largest absolute Gasteiger partial charge is 0.511 e. The molecule has 0 aliphatic carbocycles. The van der Waals surface area contributed by atoms with Gasteiger partial charge in [0.05, 0.1) is 10.8 Å². The molecule has 1 N–H and O–H groups in total. The number of rotatable bonds is 3. The molecule has 0 aliphatic rings. The van der Waals surface area contributed by atoms with Crippen LogP contribution >= 0.6 is 0 Å². The Morgan fingerprint density at radius 1 is 1.09 bits per heavy atom. The third-order valence-corrected chi connectivity index (χ3v) is 2.72. The Morgan fingerprint density at radius 3 is 2.41 bits per heavy atom. The molecule has 2 aromatic carbocycles. The summed E-state index contributed by atoms with van der Waals surface area (Å²) in [5.41, 5.74) is 5.80. The van der Waals surface area contributed by atoms with Gasteiger partial charge in [0, 0.05) is 5.10 Å². The summed E-state index contributed by atoms with van der Waals surface area (Å²) in [5, 5.41) is 22.1. The lowest BCUT2D eigenvalue weighted by Crippen LogP contribution is -2.10. The second-order valence-electron chi connectivity index (χ2n) is 4.69. The molecule has 2 rings (SSSR count). The Labute approximate surface area is 127 Å². The van der Waals surface area contributed by atoms with Crippen molar-refractivity contribution in [2.75, 3.05) is 5.43 Å². The van der Waals surface area contributed by atoms with Gasteiger partial charge in [-0.3, -0.25) is 0 Å². The highest BCUT2D eigenvalue weighted by Crippen LogP contribution is 2.14. The predicted octanol–water partition coefficient (Wildman–Crippen LogP) is 4.05. The maximum absolute atomic E-state index is 11.0. The topological polar surface area (TPSA) is 92.2 Å². The first-order valence-electron chi connectivity index (χ1n) is 6.58. The van der Waals surface area contributed by atoms with Gasteiger partial charge in [-0.15, -0.1) is 0 Å². The van der Waals surface area contributed by atoms with Crippen molar-refractivity contribution in [3.8, 4) is 0 Å². The lowest BCUT2D eigenvalue weighted by Gasteiger charge is -1.98. The molecule has 0 unspecified atom stereocenters. The van der Waals surface area contributed by atoms with Gasteiger partial charge in [-0.2, -0.15) is 0 Å². The first-order valence-corrected chi connectivity index (χ1v) is 6.58. The van der Waals surface area contributed by atoms with Gasteiger partial charge >= 0.3 is 5.96 Å². The Hall–Kier alpha value is -3.09. The molecule has 0 saturated carbocycles. The summed E-state index contributed by atoms with van der Waals surface area (Å²) in [4.78, 5) is 10.3. The van der Waals surface area contributed by atoms with Crippen LogP contribution in [0, 0.1) is 24.0 Å². The molecule has 0 spiro atoms. The van der Waals surface area contributed by atoms with E-state index in [-0.39, 0.29) is 0 Å². The highest BCUT2D eigenvalue weighted by Gasteiger charge is 2.12. The second-order valence-corrected chi connectivity index (χ2v) is 4.69. The third-order valence-electron chi connectivity index (χ3n) is 2.72. The van der Waals surface area contributed by atoms with E-state index in [1.165, 1.54) is 0 Å². The summed E-state index contributed by atoms with van der Waals surface area (Å²) in [6.07, 6.45) is 0. The normalized spacial score (nSPS) is 11.6. The van der Waals surface area contributed by atoms with Crippen LogP contribution in [-0.2, 0) is 0 Å². The number of aryl methyl sites for hydroxylation is 2. The van der Waals surface area contributed by atoms with Crippen LogP contribution < -0.4 is 5.43 Å². The van der Waals surface area contributed by atoms with Crippen LogP contribution in [0.1, 0.15) is 11.1 Å². The minimum atomic E-state index is -0.692. The number of hydrogen-bond acceptors (Lipinski definition) is 5. The molecule has 0 bridgehead atoms. The summed E-state index contributed by atoms with van der Waals surface area (Å²) >= 11 is 0. The molecule has 0 radical (unpaired) electrons. The van der Waals surface area contributed by atoms with Gasteiger partial charge in [-0.25, -0.2) is 5.43 Å². The second kappa shape index (κ2) is 7.07. The molecule has 7 nitrogen and oxygen atoms in total. The van der Waals surface area contributed by atoms with Gasteiger partial charge in [0.1, 0.15) is 5.69 Å². The first-order chi connectivity index (χ1) is 10.5. The number of nitrogens with one attached hydrogen (secondary N) is 1. The average Bonchev–Trinajstić information content (AvgIpc) is 2.47. The maximum atomic E-state index is 11.0. The first kappa shape index (κ1) is 15.3. The SMILES string of the molecule is Cc1cccc(N=N/C(=N/Nc2cccc(C)c2)[N+](=O)[O-])c1. The summed E-state index contributed by atoms with van der Waals surface area (Å²) in [7, 11) is 0. The molecule has 0 fully saturated rings. The Morgan fingerprint density at radius 2 is 1.77 bits per heavy atom. The van der Waals surface area contributed by atoms with E-state index in [2.05, 4.69) is 20.8 Å². The van der Waals surface area contributed by atoms with E-state index in [4.69, 9.17) is 0 Å². The third kappa shape index (κ3) is 4.48. The molecule has 0 atom stereocenters. The van der Waals surface area contributed by atoms with Crippen molar-refractivity contribution >= 4 is 17.3 Å². The fourth-order valence-corrected chi connectivity index (χ4v) is 1.72. The van der Waals surface area contributed by atoms with Gasteiger partial charge in [0.15, 0.2) is 0 Å². The predicted molar refractivity (Wildman–Crippen MR) is 84.9 cm³/mol. The summed E-state index contributed by atoms with van der Waals surface area (Å²) in [6, 6.07) is 14.5. The zero-order valence-corrected chi connectivity index (χ0v) is 12.2. The van der Waals surface area contributed by atoms with Crippen molar-refractivity contribution in [3.05, 3.63) is 69.8 Å². The molecular weight excluding hydrogens is 282 g/mol. The van der Waals surface area contributed by atoms with Crippen LogP contribution in [0.25, 0.3) is 0 Å². The molecule has 0 heterocycles. The average molecular weight is 297 g/mol. The lowest BCUT2D eigenvalue weighted by molar-refractivity contribution is -0.352. The van der Waals surface area contributed by atoms with Crippen molar-refractivity contribution in [3.63, 3.8) is 0 Å². The Balaban J connectivity index is 2.16. The molecule has 112 valence electrons. The van der Waals surface area contributed by atoms with Crippen LogP contribution in [-0.4, -0.2) is 10.9 Å². The van der Waals surface area contributed by atoms with E-state index in [1.807, 2.05) is 38.1 Å².